The number of benzene rings is 1. The van der Waals surface area contributed by atoms with Gasteiger partial charge >= 0.3 is 5.97 Å². The minimum Gasteiger partial charge on any atom is -0.497 e. The van der Waals surface area contributed by atoms with Crippen LogP contribution in [-0.2, 0) is 4.79 Å². The molecule has 0 radical (unpaired) electrons. The first-order valence-electron chi connectivity index (χ1n) is 7.87. The molecule has 23 heavy (non-hydrogen) atoms. The van der Waals surface area contributed by atoms with Gasteiger partial charge in [-0.25, -0.2) is 0 Å². The molecule has 1 aliphatic carbocycles. The van der Waals surface area contributed by atoms with Gasteiger partial charge in [0.05, 0.1) is 12.5 Å². The first kappa shape index (κ1) is 17.9. The molecule has 0 aromatic heterocycles. The Kier molecular flexibility index (Phi) is 5.76. The topological polar surface area (TPSA) is 59.0 Å². The fourth-order valence-electron chi connectivity index (χ4n) is 3.88. The molecular formula is C17H24ClNO4. The molecule has 2 fully saturated rings. The number of carboxylic acid groups (broad SMARTS) is 1. The monoisotopic (exact) mass is 341 g/mol. The summed E-state index contributed by atoms with van der Waals surface area (Å²) >= 11 is 0. The Bertz CT molecular complexity index is 536. The summed E-state index contributed by atoms with van der Waals surface area (Å²) in [5.41, 5.74) is -0.500. The van der Waals surface area contributed by atoms with Crippen molar-refractivity contribution >= 4 is 18.4 Å². The van der Waals surface area contributed by atoms with Crippen LogP contribution in [0.25, 0.3) is 0 Å². The molecule has 3 rings (SSSR count). The summed E-state index contributed by atoms with van der Waals surface area (Å²) in [5, 5.41) is 9.57. The molecule has 0 bridgehead atoms. The highest BCUT2D eigenvalue weighted by Gasteiger charge is 2.54. The molecule has 1 aromatic rings. The Balaban J connectivity index is 0.00000192. The fourth-order valence-corrected chi connectivity index (χ4v) is 3.88. The third-order valence-corrected chi connectivity index (χ3v) is 5.10. The zero-order chi connectivity index (χ0) is 15.6. The molecule has 0 amide bonds. The van der Waals surface area contributed by atoms with Gasteiger partial charge in [0.2, 0.25) is 0 Å². The van der Waals surface area contributed by atoms with Crippen molar-refractivity contribution in [3.8, 4) is 11.5 Å². The number of methoxy groups -OCH3 is 1. The summed E-state index contributed by atoms with van der Waals surface area (Å²) in [7, 11) is 1.64. The predicted octanol–water partition coefficient (Wildman–Crippen LogP) is 2.68. The van der Waals surface area contributed by atoms with Gasteiger partial charge in [-0.05, 0) is 43.0 Å². The Morgan fingerprint density at radius 3 is 2.65 bits per heavy atom. The van der Waals surface area contributed by atoms with E-state index in [1.807, 2.05) is 24.3 Å². The second kappa shape index (κ2) is 7.41. The largest absolute Gasteiger partial charge is 0.497 e. The van der Waals surface area contributed by atoms with Crippen molar-refractivity contribution in [2.45, 2.75) is 19.3 Å². The number of fused-ring (bicyclic) bond motifs is 1. The van der Waals surface area contributed by atoms with Crippen LogP contribution in [0.15, 0.2) is 24.3 Å². The maximum absolute atomic E-state index is 11.6. The molecule has 1 aromatic carbocycles. The molecule has 1 saturated carbocycles. The molecule has 128 valence electrons. The molecule has 6 heteroatoms. The fraction of sp³-hybridized carbons (Fsp3) is 0.588. The van der Waals surface area contributed by atoms with Crippen molar-refractivity contribution in [3.63, 3.8) is 0 Å². The summed E-state index contributed by atoms with van der Waals surface area (Å²) in [4.78, 5) is 13.9. The van der Waals surface area contributed by atoms with Gasteiger partial charge in [-0.2, -0.15) is 0 Å². The van der Waals surface area contributed by atoms with Crippen LogP contribution in [0.2, 0.25) is 0 Å². The Morgan fingerprint density at radius 1 is 1.35 bits per heavy atom. The highest BCUT2D eigenvalue weighted by Crippen LogP contribution is 2.48. The lowest BCUT2D eigenvalue weighted by Gasteiger charge is -2.23. The van der Waals surface area contributed by atoms with Gasteiger partial charge in [0.1, 0.15) is 18.1 Å². The Labute approximate surface area is 143 Å². The molecule has 0 unspecified atom stereocenters. The quantitative estimate of drug-likeness (QED) is 0.862. The van der Waals surface area contributed by atoms with Gasteiger partial charge in [0.15, 0.2) is 0 Å². The third kappa shape index (κ3) is 3.56. The van der Waals surface area contributed by atoms with Crippen LogP contribution in [0, 0.1) is 11.3 Å². The van der Waals surface area contributed by atoms with E-state index in [0.717, 1.165) is 43.9 Å². The first-order chi connectivity index (χ1) is 10.6. The molecule has 5 nitrogen and oxygen atoms in total. The summed E-state index contributed by atoms with van der Waals surface area (Å²) in [6.45, 7) is 2.91. The van der Waals surface area contributed by atoms with Gasteiger partial charge in [-0.1, -0.05) is 6.42 Å². The van der Waals surface area contributed by atoms with Crippen LogP contribution in [-0.4, -0.2) is 49.3 Å². The van der Waals surface area contributed by atoms with Crippen LogP contribution in [0.3, 0.4) is 0 Å². The van der Waals surface area contributed by atoms with Gasteiger partial charge in [-0.15, -0.1) is 12.4 Å². The zero-order valence-electron chi connectivity index (χ0n) is 13.4. The second-order valence-corrected chi connectivity index (χ2v) is 6.31. The zero-order valence-corrected chi connectivity index (χ0v) is 14.2. The van der Waals surface area contributed by atoms with E-state index in [1.54, 1.807) is 7.11 Å². The number of rotatable bonds is 6. The second-order valence-electron chi connectivity index (χ2n) is 6.31. The lowest BCUT2D eigenvalue weighted by Crippen LogP contribution is -2.36. The molecule has 1 N–H and O–H groups in total. The number of hydrogen-bond donors (Lipinski definition) is 1. The van der Waals surface area contributed by atoms with Crippen LogP contribution in [0.4, 0.5) is 0 Å². The van der Waals surface area contributed by atoms with Crippen LogP contribution in [0.5, 0.6) is 11.5 Å². The number of carbonyl (C=O) groups is 1. The predicted molar refractivity (Wildman–Crippen MR) is 89.6 cm³/mol. The van der Waals surface area contributed by atoms with Crippen LogP contribution in [0.1, 0.15) is 19.3 Å². The third-order valence-electron chi connectivity index (χ3n) is 5.10. The summed E-state index contributed by atoms with van der Waals surface area (Å²) < 4.78 is 10.8. The number of aliphatic carboxylic acids is 1. The van der Waals surface area contributed by atoms with Gasteiger partial charge in [0, 0.05) is 19.6 Å². The molecule has 1 aliphatic heterocycles. The lowest BCUT2D eigenvalue weighted by molar-refractivity contribution is -0.149. The summed E-state index contributed by atoms with van der Waals surface area (Å²) in [6.07, 6.45) is 2.91. The average Bonchev–Trinajstić information content (AvgIpc) is 3.06. The van der Waals surface area contributed by atoms with E-state index in [1.165, 1.54) is 0 Å². The minimum atomic E-state index is -0.617. The number of ether oxygens (including phenoxy) is 2. The standard InChI is InChI=1S/C17H23NO4.ClH/c1-21-14-4-6-15(7-5-14)22-10-9-18-11-13-3-2-8-17(13,12-18)16(19)20;/h4-7,13H,2-3,8-12H2,1H3,(H,19,20);1H/t13-,17+;/m0./s1. The SMILES string of the molecule is COc1ccc(OCCN2C[C@@H]3CCC[C@@]3(C(=O)O)C2)cc1.Cl. The van der Waals surface area contributed by atoms with E-state index in [-0.39, 0.29) is 12.4 Å². The Morgan fingerprint density at radius 2 is 2.04 bits per heavy atom. The number of halogens is 1. The van der Waals surface area contributed by atoms with Crippen LogP contribution < -0.4 is 9.47 Å². The number of hydrogen-bond acceptors (Lipinski definition) is 4. The van der Waals surface area contributed by atoms with Crippen molar-refractivity contribution in [1.29, 1.82) is 0 Å². The van der Waals surface area contributed by atoms with E-state index in [9.17, 15) is 9.90 Å². The summed E-state index contributed by atoms with van der Waals surface area (Å²) in [5.74, 6) is 1.32. The van der Waals surface area contributed by atoms with E-state index in [4.69, 9.17) is 9.47 Å². The maximum Gasteiger partial charge on any atom is 0.311 e. The van der Waals surface area contributed by atoms with Gasteiger partial charge < -0.3 is 14.6 Å². The normalized spacial score (nSPS) is 26.4. The maximum atomic E-state index is 11.6. The highest BCUT2D eigenvalue weighted by molar-refractivity contribution is 5.85. The highest BCUT2D eigenvalue weighted by atomic mass is 35.5. The van der Waals surface area contributed by atoms with Crippen molar-refractivity contribution < 1.29 is 19.4 Å². The van der Waals surface area contributed by atoms with E-state index in [0.29, 0.717) is 19.1 Å². The number of nitrogens with zero attached hydrogens (tertiary/aromatic N) is 1. The van der Waals surface area contributed by atoms with Gasteiger partial charge in [-0.3, -0.25) is 9.69 Å². The lowest BCUT2D eigenvalue weighted by atomic mass is 9.81. The van der Waals surface area contributed by atoms with Crippen LogP contribution >= 0.6 is 12.4 Å². The number of likely N-dealkylation sites (tertiary alicyclic amines) is 1. The molecule has 1 saturated heterocycles. The molecule has 2 aliphatic rings. The summed E-state index contributed by atoms with van der Waals surface area (Å²) in [6, 6.07) is 7.51. The van der Waals surface area contributed by atoms with E-state index < -0.39 is 11.4 Å². The molecule has 2 atom stereocenters. The smallest absolute Gasteiger partial charge is 0.311 e. The van der Waals surface area contributed by atoms with Gasteiger partial charge in [0.25, 0.3) is 0 Å². The van der Waals surface area contributed by atoms with Crippen molar-refractivity contribution in [2.75, 3.05) is 33.4 Å². The number of carboxylic acids is 1. The van der Waals surface area contributed by atoms with E-state index >= 15 is 0 Å². The minimum absolute atomic E-state index is 0. The first-order valence-corrected chi connectivity index (χ1v) is 7.87. The molecule has 1 heterocycles. The average molecular weight is 342 g/mol. The van der Waals surface area contributed by atoms with Crippen molar-refractivity contribution in [3.05, 3.63) is 24.3 Å². The van der Waals surface area contributed by atoms with Crippen molar-refractivity contribution in [2.24, 2.45) is 11.3 Å². The molecule has 0 spiro atoms. The van der Waals surface area contributed by atoms with Crippen molar-refractivity contribution in [1.82, 2.24) is 4.90 Å². The molecular weight excluding hydrogens is 318 g/mol. The van der Waals surface area contributed by atoms with E-state index in [2.05, 4.69) is 4.90 Å². The Hall–Kier alpha value is -1.46.